The van der Waals surface area contributed by atoms with E-state index in [4.69, 9.17) is 4.74 Å². The maximum Gasteiger partial charge on any atom is 0.511 e. The maximum absolute atomic E-state index is 11.4. The van der Waals surface area contributed by atoms with Gasteiger partial charge in [0.05, 0.1) is 21.1 Å². The van der Waals surface area contributed by atoms with Crippen molar-refractivity contribution >= 4 is 44.8 Å². The summed E-state index contributed by atoms with van der Waals surface area (Å²) in [6.07, 6.45) is -1.38. The van der Waals surface area contributed by atoms with E-state index < -0.39 is 6.16 Å². The van der Waals surface area contributed by atoms with E-state index in [9.17, 15) is 15.0 Å². The second-order valence-corrected chi connectivity index (χ2v) is 8.53. The Hall–Kier alpha value is -2.16. The third-order valence-electron chi connectivity index (χ3n) is 4.37. The predicted molar refractivity (Wildman–Crippen MR) is 114 cm³/mol. The largest absolute Gasteiger partial charge is 0.511 e. The number of rotatable bonds is 6. The molecule has 0 amide bonds. The Labute approximate surface area is 175 Å². The molecule has 8 heteroatoms. The number of thioether (sulfide) groups is 1. The van der Waals surface area contributed by atoms with Crippen LogP contribution in [0.3, 0.4) is 0 Å². The molecule has 148 valence electrons. The van der Waals surface area contributed by atoms with Gasteiger partial charge >= 0.3 is 6.16 Å². The molecule has 0 aliphatic carbocycles. The van der Waals surface area contributed by atoms with Gasteiger partial charge in [-0.25, -0.2) is 4.79 Å². The Kier molecular flexibility index (Phi) is 6.22. The number of benzene rings is 2. The SMILES string of the molecule is CN(C)Cc1c(O)c(Br)cc2c1c(OC(=O)O)c(CSc1ccccc1)n2C. The van der Waals surface area contributed by atoms with Crippen LogP contribution in [0.1, 0.15) is 11.3 Å². The maximum atomic E-state index is 11.4. The van der Waals surface area contributed by atoms with Crippen LogP contribution in [0.5, 0.6) is 11.5 Å². The number of carbonyl (C=O) groups is 1. The predicted octanol–water partition coefficient (Wildman–Crippen LogP) is 5.06. The van der Waals surface area contributed by atoms with Gasteiger partial charge in [-0.05, 0) is 48.2 Å². The minimum absolute atomic E-state index is 0.0873. The fourth-order valence-corrected chi connectivity index (χ4v) is 4.57. The Morgan fingerprint density at radius 3 is 2.57 bits per heavy atom. The summed E-state index contributed by atoms with van der Waals surface area (Å²) in [6, 6.07) is 11.7. The summed E-state index contributed by atoms with van der Waals surface area (Å²) in [4.78, 5) is 14.4. The molecule has 0 spiro atoms. The molecule has 0 bridgehead atoms. The first-order valence-corrected chi connectivity index (χ1v) is 10.3. The molecule has 0 saturated carbocycles. The van der Waals surface area contributed by atoms with Crippen molar-refractivity contribution in [2.24, 2.45) is 7.05 Å². The molecular weight excluding hydrogens is 444 g/mol. The average Bonchev–Trinajstić information content (AvgIpc) is 2.88. The zero-order valence-electron chi connectivity index (χ0n) is 15.8. The van der Waals surface area contributed by atoms with Crippen molar-refractivity contribution in [2.75, 3.05) is 14.1 Å². The van der Waals surface area contributed by atoms with E-state index in [1.54, 1.807) is 17.8 Å². The van der Waals surface area contributed by atoms with E-state index in [2.05, 4.69) is 15.9 Å². The molecule has 0 saturated heterocycles. The second kappa shape index (κ2) is 8.46. The highest BCUT2D eigenvalue weighted by Gasteiger charge is 2.25. The van der Waals surface area contributed by atoms with Crippen molar-refractivity contribution in [3.05, 3.63) is 52.1 Å². The van der Waals surface area contributed by atoms with Crippen LogP contribution in [0.2, 0.25) is 0 Å². The lowest BCUT2D eigenvalue weighted by Crippen LogP contribution is -2.12. The summed E-state index contributed by atoms with van der Waals surface area (Å²) < 4.78 is 7.70. The van der Waals surface area contributed by atoms with Gasteiger partial charge < -0.3 is 24.4 Å². The van der Waals surface area contributed by atoms with Crippen molar-refractivity contribution in [3.8, 4) is 11.5 Å². The number of halogens is 1. The first-order chi connectivity index (χ1) is 13.3. The quantitative estimate of drug-likeness (QED) is 0.392. The molecular formula is C20H21BrN2O4S. The summed E-state index contributed by atoms with van der Waals surface area (Å²) in [5.74, 6) is 0.884. The third-order valence-corrected chi connectivity index (χ3v) is 6.00. The lowest BCUT2D eigenvalue weighted by atomic mass is 10.1. The van der Waals surface area contributed by atoms with Crippen molar-refractivity contribution in [2.45, 2.75) is 17.2 Å². The second-order valence-electron chi connectivity index (χ2n) is 6.62. The highest BCUT2D eigenvalue weighted by molar-refractivity contribution is 9.10. The van der Waals surface area contributed by atoms with Crippen LogP contribution >= 0.6 is 27.7 Å². The number of hydrogen-bond acceptors (Lipinski definition) is 5. The van der Waals surface area contributed by atoms with Crippen LogP contribution in [0, 0.1) is 0 Å². The number of ether oxygens (including phenoxy) is 1. The Morgan fingerprint density at radius 1 is 1.29 bits per heavy atom. The molecule has 0 atom stereocenters. The lowest BCUT2D eigenvalue weighted by Gasteiger charge is -2.14. The van der Waals surface area contributed by atoms with Crippen molar-refractivity contribution in [3.63, 3.8) is 0 Å². The summed E-state index contributed by atoms with van der Waals surface area (Å²) in [7, 11) is 5.65. The number of fused-ring (bicyclic) bond motifs is 1. The van der Waals surface area contributed by atoms with E-state index in [-0.39, 0.29) is 11.5 Å². The molecule has 1 aromatic heterocycles. The molecule has 1 heterocycles. The smallest absolute Gasteiger partial charge is 0.506 e. The summed E-state index contributed by atoms with van der Waals surface area (Å²) in [6.45, 7) is 0.438. The number of aryl methyl sites for hydroxylation is 1. The number of aromatic nitrogens is 1. The minimum Gasteiger partial charge on any atom is -0.506 e. The zero-order chi connectivity index (χ0) is 20.4. The standard InChI is InChI=1S/C20H21BrN2O4S/c1-22(2)10-13-17-15(9-14(21)18(13)24)23(3)16(19(17)27-20(25)26)11-28-12-7-5-4-6-8-12/h4-9,24H,10-11H2,1-3H3,(H,25,26). The third kappa shape index (κ3) is 4.14. The van der Waals surface area contributed by atoms with Gasteiger partial charge in [0.25, 0.3) is 0 Å². The Balaban J connectivity index is 2.19. The Morgan fingerprint density at radius 2 is 1.96 bits per heavy atom. The fraction of sp³-hybridized carbons (Fsp3) is 0.250. The van der Waals surface area contributed by atoms with Gasteiger partial charge in [0.1, 0.15) is 5.75 Å². The first kappa shape index (κ1) is 20.6. The molecule has 0 unspecified atom stereocenters. The zero-order valence-corrected chi connectivity index (χ0v) is 18.2. The number of aromatic hydroxyl groups is 1. The van der Waals surface area contributed by atoms with Crippen LogP contribution < -0.4 is 4.74 Å². The molecule has 0 aliphatic heterocycles. The van der Waals surface area contributed by atoms with E-state index in [1.807, 2.05) is 60.9 Å². The van der Waals surface area contributed by atoms with Crippen LogP contribution in [0.4, 0.5) is 4.79 Å². The van der Waals surface area contributed by atoms with Gasteiger partial charge in [-0.1, -0.05) is 18.2 Å². The number of hydrogen-bond donors (Lipinski definition) is 2. The van der Waals surface area contributed by atoms with Crippen molar-refractivity contribution in [1.82, 2.24) is 9.47 Å². The van der Waals surface area contributed by atoms with Gasteiger partial charge in [-0.3, -0.25) is 0 Å². The van der Waals surface area contributed by atoms with Gasteiger partial charge in [0, 0.05) is 29.8 Å². The topological polar surface area (TPSA) is 74.9 Å². The first-order valence-electron chi connectivity index (χ1n) is 8.54. The molecule has 0 aliphatic rings. The van der Waals surface area contributed by atoms with Crippen LogP contribution in [-0.2, 0) is 19.3 Å². The molecule has 2 aromatic carbocycles. The summed E-state index contributed by atoms with van der Waals surface area (Å²) in [5.41, 5.74) is 2.15. The van der Waals surface area contributed by atoms with E-state index in [0.29, 0.717) is 27.7 Å². The highest BCUT2D eigenvalue weighted by Crippen LogP contribution is 2.44. The monoisotopic (exact) mass is 464 g/mol. The fourth-order valence-electron chi connectivity index (χ4n) is 3.14. The van der Waals surface area contributed by atoms with Gasteiger partial charge in [-0.2, -0.15) is 0 Å². The average molecular weight is 465 g/mol. The lowest BCUT2D eigenvalue weighted by molar-refractivity contribution is 0.144. The number of carboxylic acid groups (broad SMARTS) is 1. The summed E-state index contributed by atoms with van der Waals surface area (Å²) >= 11 is 5.00. The molecule has 0 fully saturated rings. The van der Waals surface area contributed by atoms with Crippen LogP contribution in [-0.4, -0.2) is 39.9 Å². The van der Waals surface area contributed by atoms with Crippen LogP contribution in [0.15, 0.2) is 45.8 Å². The van der Waals surface area contributed by atoms with E-state index in [0.717, 1.165) is 16.1 Å². The Bertz CT molecular complexity index is 1020. The van der Waals surface area contributed by atoms with Crippen molar-refractivity contribution in [1.29, 1.82) is 0 Å². The molecule has 0 radical (unpaired) electrons. The molecule has 2 N–H and O–H groups in total. The highest BCUT2D eigenvalue weighted by atomic mass is 79.9. The van der Waals surface area contributed by atoms with Gasteiger partial charge in [0.15, 0.2) is 5.75 Å². The molecule has 3 rings (SSSR count). The summed E-state index contributed by atoms with van der Waals surface area (Å²) in [5, 5.41) is 20.6. The van der Waals surface area contributed by atoms with Gasteiger partial charge in [0.2, 0.25) is 0 Å². The van der Waals surface area contributed by atoms with Crippen LogP contribution in [0.25, 0.3) is 10.9 Å². The molecule has 6 nitrogen and oxygen atoms in total. The van der Waals surface area contributed by atoms with Crippen molar-refractivity contribution < 1.29 is 19.7 Å². The molecule has 3 aromatic rings. The normalized spacial score (nSPS) is 11.3. The number of nitrogens with zero attached hydrogens (tertiary/aromatic N) is 2. The van der Waals surface area contributed by atoms with Gasteiger partial charge in [-0.15, -0.1) is 11.8 Å². The minimum atomic E-state index is -1.38. The number of phenols is 1. The van der Waals surface area contributed by atoms with E-state index >= 15 is 0 Å². The van der Waals surface area contributed by atoms with E-state index in [1.165, 1.54) is 0 Å². The number of phenolic OH excluding ortho intramolecular Hbond substituents is 1. The molecule has 28 heavy (non-hydrogen) atoms.